The molecule has 1 saturated carbocycles. The van der Waals surface area contributed by atoms with Gasteiger partial charge in [0.15, 0.2) is 6.29 Å². The summed E-state index contributed by atoms with van der Waals surface area (Å²) in [6, 6.07) is 0. The molecule has 2 fully saturated rings. The van der Waals surface area contributed by atoms with Crippen molar-refractivity contribution in [3.63, 3.8) is 0 Å². The summed E-state index contributed by atoms with van der Waals surface area (Å²) >= 11 is 0. The van der Waals surface area contributed by atoms with E-state index in [4.69, 9.17) is 9.47 Å². The van der Waals surface area contributed by atoms with Crippen molar-refractivity contribution in [1.82, 2.24) is 0 Å². The van der Waals surface area contributed by atoms with E-state index >= 15 is 0 Å². The number of hydrogen-bond donors (Lipinski definition) is 0. The third-order valence-electron chi connectivity index (χ3n) is 2.88. The highest BCUT2D eigenvalue weighted by atomic mass is 16.7. The van der Waals surface area contributed by atoms with Crippen LogP contribution in [0.3, 0.4) is 0 Å². The molecule has 0 aromatic heterocycles. The molecule has 0 atom stereocenters. The summed E-state index contributed by atoms with van der Waals surface area (Å²) in [6.45, 7) is 1.46. The minimum absolute atomic E-state index is 0.0122. The van der Waals surface area contributed by atoms with Crippen LogP contribution in [0.4, 0.5) is 0 Å². The van der Waals surface area contributed by atoms with Crippen LogP contribution in [0, 0.1) is 5.92 Å². The maximum atomic E-state index is 11.0. The second kappa shape index (κ2) is 4.20. The third kappa shape index (κ3) is 2.51. The van der Waals surface area contributed by atoms with E-state index in [0.29, 0.717) is 11.7 Å². The molecule has 0 bridgehead atoms. The Morgan fingerprint density at radius 1 is 1.15 bits per heavy atom. The summed E-state index contributed by atoms with van der Waals surface area (Å²) in [5, 5.41) is 0. The van der Waals surface area contributed by atoms with Crippen LogP contribution in [0.15, 0.2) is 0 Å². The Bertz CT molecular complexity index is 175. The Kier molecular flexibility index (Phi) is 2.96. The fourth-order valence-electron chi connectivity index (χ4n) is 2.05. The number of ketones is 1. The molecule has 0 amide bonds. The van der Waals surface area contributed by atoms with Crippen LogP contribution in [0.1, 0.15) is 32.1 Å². The van der Waals surface area contributed by atoms with Gasteiger partial charge >= 0.3 is 0 Å². The lowest BCUT2D eigenvalue weighted by Gasteiger charge is -2.22. The molecule has 13 heavy (non-hydrogen) atoms. The molecular formula is C10H16O3. The fraction of sp³-hybridized carbons (Fsp3) is 0.900. The molecule has 1 saturated heterocycles. The molecule has 1 aliphatic heterocycles. The summed E-state index contributed by atoms with van der Waals surface area (Å²) < 4.78 is 10.8. The normalized spacial score (nSPS) is 26.9. The zero-order valence-electron chi connectivity index (χ0n) is 7.83. The highest BCUT2D eigenvalue weighted by Crippen LogP contribution is 2.27. The first-order valence-corrected chi connectivity index (χ1v) is 5.09. The number of Topliss-reactive ketones (excluding diaryl/α,β-unsaturated/α-hetero) is 1. The minimum atomic E-state index is 0.0122. The van der Waals surface area contributed by atoms with Gasteiger partial charge in [0.1, 0.15) is 5.78 Å². The summed E-state index contributed by atoms with van der Waals surface area (Å²) in [4.78, 5) is 11.0. The van der Waals surface area contributed by atoms with E-state index in [1.165, 1.54) is 0 Å². The minimum Gasteiger partial charge on any atom is -0.350 e. The number of hydrogen-bond acceptors (Lipinski definition) is 3. The average molecular weight is 184 g/mol. The molecule has 0 aromatic rings. The van der Waals surface area contributed by atoms with Gasteiger partial charge in [-0.3, -0.25) is 4.79 Å². The summed E-state index contributed by atoms with van der Waals surface area (Å²) in [7, 11) is 0. The fourth-order valence-corrected chi connectivity index (χ4v) is 2.05. The predicted octanol–water partition coefficient (Wildman–Crippen LogP) is 1.51. The molecule has 3 nitrogen and oxygen atoms in total. The second-order valence-electron chi connectivity index (χ2n) is 3.89. The summed E-state index contributed by atoms with van der Waals surface area (Å²) in [6.07, 6.45) is 4.57. The molecule has 0 aromatic carbocycles. The maximum absolute atomic E-state index is 11.0. The highest BCUT2D eigenvalue weighted by Gasteiger charge is 2.24. The van der Waals surface area contributed by atoms with E-state index in [1.807, 2.05) is 0 Å². The van der Waals surface area contributed by atoms with Crippen LogP contribution in [0.25, 0.3) is 0 Å². The SMILES string of the molecule is O=C1CCC(CC2OCCO2)CC1. The molecule has 1 heterocycles. The van der Waals surface area contributed by atoms with Crippen LogP contribution in [0.2, 0.25) is 0 Å². The second-order valence-corrected chi connectivity index (χ2v) is 3.89. The van der Waals surface area contributed by atoms with E-state index in [-0.39, 0.29) is 6.29 Å². The van der Waals surface area contributed by atoms with Gasteiger partial charge in [-0.15, -0.1) is 0 Å². The van der Waals surface area contributed by atoms with Crippen LogP contribution < -0.4 is 0 Å². The predicted molar refractivity (Wildman–Crippen MR) is 47.3 cm³/mol. The average Bonchev–Trinajstić information content (AvgIpc) is 2.62. The molecule has 2 aliphatic rings. The van der Waals surface area contributed by atoms with Gasteiger partial charge in [0.25, 0.3) is 0 Å². The monoisotopic (exact) mass is 184 g/mol. The number of ether oxygens (including phenoxy) is 2. The highest BCUT2D eigenvalue weighted by molar-refractivity contribution is 5.78. The van der Waals surface area contributed by atoms with Crippen molar-refractivity contribution in [2.24, 2.45) is 5.92 Å². The quantitative estimate of drug-likeness (QED) is 0.652. The van der Waals surface area contributed by atoms with Crippen molar-refractivity contribution in [3.8, 4) is 0 Å². The maximum Gasteiger partial charge on any atom is 0.158 e. The zero-order chi connectivity index (χ0) is 9.10. The first-order chi connectivity index (χ1) is 6.34. The van der Waals surface area contributed by atoms with Gasteiger partial charge in [-0.25, -0.2) is 0 Å². The van der Waals surface area contributed by atoms with Crippen molar-refractivity contribution in [1.29, 1.82) is 0 Å². The standard InChI is InChI=1S/C10H16O3/c11-9-3-1-8(2-4-9)7-10-12-5-6-13-10/h8,10H,1-7H2. The van der Waals surface area contributed by atoms with E-state index < -0.39 is 0 Å². The van der Waals surface area contributed by atoms with E-state index in [2.05, 4.69) is 0 Å². The number of carbonyl (C=O) groups excluding carboxylic acids is 1. The molecule has 0 unspecified atom stereocenters. The van der Waals surface area contributed by atoms with Gasteiger partial charge in [0.05, 0.1) is 13.2 Å². The number of carbonyl (C=O) groups is 1. The van der Waals surface area contributed by atoms with E-state index in [9.17, 15) is 4.79 Å². The van der Waals surface area contributed by atoms with Crippen molar-refractivity contribution in [3.05, 3.63) is 0 Å². The van der Waals surface area contributed by atoms with Crippen molar-refractivity contribution in [2.75, 3.05) is 13.2 Å². The molecular weight excluding hydrogens is 168 g/mol. The van der Waals surface area contributed by atoms with Crippen molar-refractivity contribution in [2.45, 2.75) is 38.4 Å². The molecule has 1 aliphatic carbocycles. The Hall–Kier alpha value is -0.410. The van der Waals surface area contributed by atoms with Gasteiger partial charge in [-0.1, -0.05) is 0 Å². The Morgan fingerprint density at radius 2 is 1.77 bits per heavy atom. The van der Waals surface area contributed by atoms with Crippen LogP contribution in [-0.4, -0.2) is 25.3 Å². The molecule has 0 spiro atoms. The van der Waals surface area contributed by atoms with E-state index in [0.717, 1.165) is 45.3 Å². The largest absolute Gasteiger partial charge is 0.350 e. The first-order valence-electron chi connectivity index (χ1n) is 5.09. The summed E-state index contributed by atoms with van der Waals surface area (Å²) in [5.41, 5.74) is 0. The molecule has 2 rings (SSSR count). The molecule has 74 valence electrons. The topological polar surface area (TPSA) is 35.5 Å². The zero-order valence-corrected chi connectivity index (χ0v) is 7.83. The third-order valence-corrected chi connectivity index (χ3v) is 2.88. The lowest BCUT2D eigenvalue weighted by molar-refractivity contribution is -0.122. The smallest absolute Gasteiger partial charge is 0.158 e. The van der Waals surface area contributed by atoms with Gasteiger partial charge < -0.3 is 9.47 Å². The van der Waals surface area contributed by atoms with Crippen LogP contribution in [-0.2, 0) is 14.3 Å². The van der Waals surface area contributed by atoms with Crippen molar-refractivity contribution < 1.29 is 14.3 Å². The molecule has 0 N–H and O–H groups in total. The van der Waals surface area contributed by atoms with E-state index in [1.54, 1.807) is 0 Å². The van der Waals surface area contributed by atoms with Gasteiger partial charge in [-0.05, 0) is 18.8 Å². The molecule has 0 radical (unpaired) electrons. The van der Waals surface area contributed by atoms with Gasteiger partial charge in [-0.2, -0.15) is 0 Å². The lowest BCUT2D eigenvalue weighted by Crippen LogP contribution is -2.20. The lowest BCUT2D eigenvalue weighted by atomic mass is 9.86. The van der Waals surface area contributed by atoms with Crippen LogP contribution >= 0.6 is 0 Å². The Labute approximate surface area is 78.4 Å². The molecule has 3 heteroatoms. The van der Waals surface area contributed by atoms with Crippen LogP contribution in [0.5, 0.6) is 0 Å². The first kappa shape index (κ1) is 9.16. The van der Waals surface area contributed by atoms with Crippen molar-refractivity contribution >= 4 is 5.78 Å². The number of rotatable bonds is 2. The van der Waals surface area contributed by atoms with Gasteiger partial charge in [0, 0.05) is 19.3 Å². The van der Waals surface area contributed by atoms with Gasteiger partial charge in [0.2, 0.25) is 0 Å². The Balaban J connectivity index is 1.72. The Morgan fingerprint density at radius 3 is 2.38 bits per heavy atom. The summed E-state index contributed by atoms with van der Waals surface area (Å²) in [5.74, 6) is 1.06.